The quantitative estimate of drug-likeness (QED) is 0.327. The third kappa shape index (κ3) is 6.09. The van der Waals surface area contributed by atoms with Gasteiger partial charge in [0.15, 0.2) is 4.34 Å². The summed E-state index contributed by atoms with van der Waals surface area (Å²) in [6, 6.07) is 15.1. The number of hydrogen-bond acceptors (Lipinski definition) is 6. The molecule has 0 unspecified atom stereocenters. The van der Waals surface area contributed by atoms with Gasteiger partial charge in [-0.2, -0.15) is 0 Å². The fraction of sp³-hybridized carbons (Fsp3) is 0.105. The molecule has 3 rings (SSSR count). The Morgan fingerprint density at radius 2 is 1.93 bits per heavy atom. The summed E-state index contributed by atoms with van der Waals surface area (Å²) in [6.45, 7) is 0. The molecule has 3 aromatic rings. The Hall–Kier alpha value is -2.35. The average Bonchev–Trinajstić information content (AvgIpc) is 3.13. The third-order valence-corrected chi connectivity index (χ3v) is 5.75. The van der Waals surface area contributed by atoms with Gasteiger partial charge < -0.3 is 4.74 Å². The van der Waals surface area contributed by atoms with Crippen LogP contribution in [-0.4, -0.2) is 23.2 Å². The zero-order valence-corrected chi connectivity index (χ0v) is 16.8. The number of carbonyl (C=O) groups excluding carboxylic acids is 1. The molecule has 1 amide bonds. The molecule has 0 saturated heterocycles. The van der Waals surface area contributed by atoms with Crippen molar-refractivity contribution < 1.29 is 9.53 Å². The zero-order valence-electron chi connectivity index (χ0n) is 14.4. The van der Waals surface area contributed by atoms with Crippen LogP contribution in [0.5, 0.6) is 5.75 Å². The van der Waals surface area contributed by atoms with Crippen LogP contribution in [0.4, 0.5) is 5.13 Å². The molecule has 0 radical (unpaired) electrons. The van der Waals surface area contributed by atoms with Crippen LogP contribution in [0.15, 0.2) is 58.9 Å². The molecular formula is C19H16ClN3O2S2. The lowest BCUT2D eigenvalue weighted by Gasteiger charge is -1.99. The normalized spacial score (nSPS) is 10.9. The lowest BCUT2D eigenvalue weighted by atomic mass is 10.2. The van der Waals surface area contributed by atoms with E-state index < -0.39 is 0 Å². The Morgan fingerprint density at radius 3 is 2.63 bits per heavy atom. The molecule has 0 fully saturated rings. The van der Waals surface area contributed by atoms with E-state index in [2.05, 4.69) is 15.5 Å². The monoisotopic (exact) mass is 417 g/mol. The molecule has 0 spiro atoms. The lowest BCUT2D eigenvalue weighted by Crippen LogP contribution is -2.07. The maximum absolute atomic E-state index is 12.0. The molecule has 8 heteroatoms. The van der Waals surface area contributed by atoms with E-state index in [1.807, 2.05) is 48.5 Å². The number of anilines is 1. The van der Waals surface area contributed by atoms with Crippen molar-refractivity contribution in [3.8, 4) is 5.75 Å². The summed E-state index contributed by atoms with van der Waals surface area (Å²) in [6.07, 6.45) is 3.19. The van der Waals surface area contributed by atoms with Crippen LogP contribution in [0.1, 0.15) is 11.1 Å². The number of hydrogen-bond donors (Lipinski definition) is 1. The van der Waals surface area contributed by atoms with E-state index in [1.54, 1.807) is 24.9 Å². The molecule has 1 aromatic heterocycles. The fourth-order valence-electron chi connectivity index (χ4n) is 2.08. The number of nitrogens with zero attached hydrogens (tertiary/aromatic N) is 2. The first-order valence-corrected chi connectivity index (χ1v) is 10.1. The lowest BCUT2D eigenvalue weighted by molar-refractivity contribution is -0.111. The summed E-state index contributed by atoms with van der Waals surface area (Å²) in [5.41, 5.74) is 2.05. The van der Waals surface area contributed by atoms with Gasteiger partial charge in [-0.05, 0) is 41.5 Å². The van der Waals surface area contributed by atoms with Crippen molar-refractivity contribution in [2.24, 2.45) is 0 Å². The smallest absolute Gasteiger partial charge is 0.250 e. The average molecular weight is 418 g/mol. The van der Waals surface area contributed by atoms with E-state index >= 15 is 0 Å². The number of halogens is 1. The van der Waals surface area contributed by atoms with Crippen LogP contribution >= 0.6 is 34.7 Å². The van der Waals surface area contributed by atoms with Crippen LogP contribution in [-0.2, 0) is 10.5 Å². The van der Waals surface area contributed by atoms with Crippen molar-refractivity contribution in [2.75, 3.05) is 12.4 Å². The number of benzene rings is 2. The van der Waals surface area contributed by atoms with E-state index in [1.165, 1.54) is 17.4 Å². The van der Waals surface area contributed by atoms with Crippen molar-refractivity contribution >= 4 is 51.8 Å². The predicted molar refractivity (Wildman–Crippen MR) is 112 cm³/mol. The van der Waals surface area contributed by atoms with Crippen LogP contribution in [0, 0.1) is 0 Å². The van der Waals surface area contributed by atoms with Gasteiger partial charge in [0.1, 0.15) is 5.75 Å². The molecule has 0 aliphatic heterocycles. The van der Waals surface area contributed by atoms with Crippen molar-refractivity contribution in [3.63, 3.8) is 0 Å². The van der Waals surface area contributed by atoms with E-state index in [-0.39, 0.29) is 5.91 Å². The Morgan fingerprint density at radius 1 is 1.19 bits per heavy atom. The number of nitrogens with one attached hydrogen (secondary N) is 1. The standard InChI is InChI=1S/C19H16ClN3O2S2/c1-25-16-9-4-13(5-10-16)6-11-17(24)21-18-22-23-19(27-18)26-12-14-2-7-15(20)8-3-14/h2-11H,12H2,1H3,(H,21,22,24). The van der Waals surface area contributed by atoms with E-state index in [4.69, 9.17) is 16.3 Å². The fourth-order valence-corrected chi connectivity index (χ4v) is 3.92. The van der Waals surface area contributed by atoms with Gasteiger partial charge in [0.05, 0.1) is 7.11 Å². The van der Waals surface area contributed by atoms with Gasteiger partial charge in [0.2, 0.25) is 11.0 Å². The van der Waals surface area contributed by atoms with Gasteiger partial charge in [-0.3, -0.25) is 10.1 Å². The molecule has 1 heterocycles. The molecule has 0 bridgehead atoms. The maximum Gasteiger partial charge on any atom is 0.250 e. The predicted octanol–water partition coefficient (Wildman–Crippen LogP) is 5.14. The maximum atomic E-state index is 12.0. The first kappa shape index (κ1) is 19.4. The van der Waals surface area contributed by atoms with Crippen molar-refractivity contribution in [1.29, 1.82) is 0 Å². The molecule has 2 aromatic carbocycles. The number of amides is 1. The number of carbonyl (C=O) groups is 1. The van der Waals surface area contributed by atoms with Crippen LogP contribution in [0.25, 0.3) is 6.08 Å². The number of ether oxygens (including phenoxy) is 1. The summed E-state index contributed by atoms with van der Waals surface area (Å²) in [4.78, 5) is 12.0. The van der Waals surface area contributed by atoms with Crippen LogP contribution < -0.4 is 10.1 Å². The number of aromatic nitrogens is 2. The second kappa shape index (κ2) is 9.55. The highest BCUT2D eigenvalue weighted by molar-refractivity contribution is 8.00. The van der Waals surface area contributed by atoms with Gasteiger partial charge in [-0.25, -0.2) is 0 Å². The molecule has 1 N–H and O–H groups in total. The summed E-state index contributed by atoms with van der Waals surface area (Å²) >= 11 is 8.78. The number of thioether (sulfide) groups is 1. The highest BCUT2D eigenvalue weighted by atomic mass is 35.5. The molecular weight excluding hydrogens is 402 g/mol. The highest BCUT2D eigenvalue weighted by Crippen LogP contribution is 2.28. The van der Waals surface area contributed by atoms with Crippen LogP contribution in [0.3, 0.4) is 0 Å². The van der Waals surface area contributed by atoms with Gasteiger partial charge in [0, 0.05) is 16.9 Å². The molecule has 0 atom stereocenters. The Bertz CT molecular complexity index is 925. The van der Waals surface area contributed by atoms with Gasteiger partial charge in [-0.1, -0.05) is 59.0 Å². The summed E-state index contributed by atoms with van der Waals surface area (Å²) in [7, 11) is 1.61. The molecule has 138 valence electrons. The minimum Gasteiger partial charge on any atom is -0.497 e. The largest absolute Gasteiger partial charge is 0.497 e. The first-order valence-electron chi connectivity index (χ1n) is 7.96. The van der Waals surface area contributed by atoms with Crippen LogP contribution in [0.2, 0.25) is 5.02 Å². The molecule has 0 aliphatic rings. The second-order valence-corrected chi connectivity index (χ2v) is 8.02. The first-order chi connectivity index (χ1) is 13.1. The van der Waals surface area contributed by atoms with Gasteiger partial charge in [-0.15, -0.1) is 10.2 Å². The van der Waals surface area contributed by atoms with Crippen molar-refractivity contribution in [2.45, 2.75) is 10.1 Å². The minimum absolute atomic E-state index is 0.254. The molecule has 0 aliphatic carbocycles. The SMILES string of the molecule is COc1ccc(C=CC(=O)Nc2nnc(SCc3ccc(Cl)cc3)s2)cc1. The summed E-state index contributed by atoms with van der Waals surface area (Å²) in [5, 5.41) is 12.0. The third-order valence-electron chi connectivity index (χ3n) is 3.46. The number of rotatable bonds is 7. The summed E-state index contributed by atoms with van der Waals surface area (Å²) in [5.74, 6) is 1.28. The Balaban J connectivity index is 1.51. The Labute approximate surface area is 170 Å². The summed E-state index contributed by atoms with van der Waals surface area (Å²) < 4.78 is 5.90. The minimum atomic E-state index is -0.254. The molecule has 27 heavy (non-hydrogen) atoms. The molecule has 0 saturated carbocycles. The van der Waals surface area contributed by atoms with Crippen molar-refractivity contribution in [1.82, 2.24) is 10.2 Å². The second-order valence-electron chi connectivity index (χ2n) is 5.38. The van der Waals surface area contributed by atoms with E-state index in [0.29, 0.717) is 10.2 Å². The van der Waals surface area contributed by atoms with Gasteiger partial charge >= 0.3 is 0 Å². The van der Waals surface area contributed by atoms with Crippen molar-refractivity contribution in [3.05, 3.63) is 70.8 Å². The van der Waals surface area contributed by atoms with Gasteiger partial charge in [0.25, 0.3) is 0 Å². The highest BCUT2D eigenvalue weighted by Gasteiger charge is 2.07. The molecule has 5 nitrogen and oxygen atoms in total. The zero-order chi connectivity index (χ0) is 19.1. The number of methoxy groups -OCH3 is 1. The van der Waals surface area contributed by atoms with E-state index in [9.17, 15) is 4.79 Å². The topological polar surface area (TPSA) is 64.1 Å². The Kier molecular flexibility index (Phi) is 6.86. The van der Waals surface area contributed by atoms with E-state index in [0.717, 1.165) is 27.0 Å².